The highest BCUT2D eigenvalue weighted by molar-refractivity contribution is 6.07. The zero-order chi connectivity index (χ0) is 15.3. The van der Waals surface area contributed by atoms with Crippen LogP contribution in [0.3, 0.4) is 0 Å². The first-order valence-electron chi connectivity index (χ1n) is 6.11. The maximum absolute atomic E-state index is 15.2. The molecule has 0 radical (unpaired) electrons. The van der Waals surface area contributed by atoms with Crippen molar-refractivity contribution >= 4 is 11.6 Å². The summed E-state index contributed by atoms with van der Waals surface area (Å²) in [6.07, 6.45) is -4.55. The molecule has 2 aromatic rings. The molecule has 1 atom stereocenters. The molecule has 0 saturated carbocycles. The first kappa shape index (κ1) is 13.6. The monoisotopic (exact) mass is 295 g/mol. The summed E-state index contributed by atoms with van der Waals surface area (Å²) in [4.78, 5) is 11.9. The SMILES string of the molecule is O=C1Nc2cc(C(F)(F)F)ccc2C1(F)c1ccccc1. The van der Waals surface area contributed by atoms with E-state index in [9.17, 15) is 18.0 Å². The highest BCUT2D eigenvalue weighted by atomic mass is 19.4. The quantitative estimate of drug-likeness (QED) is 0.795. The van der Waals surface area contributed by atoms with Gasteiger partial charge in [-0.3, -0.25) is 4.79 Å². The molecule has 0 saturated heterocycles. The molecule has 0 fully saturated rings. The molecule has 6 heteroatoms. The van der Waals surface area contributed by atoms with Crippen molar-refractivity contribution < 1.29 is 22.4 Å². The van der Waals surface area contributed by atoms with Crippen LogP contribution in [0.25, 0.3) is 0 Å². The number of alkyl halides is 4. The first-order valence-corrected chi connectivity index (χ1v) is 6.11. The van der Waals surface area contributed by atoms with Crippen LogP contribution in [0, 0.1) is 0 Å². The summed E-state index contributed by atoms with van der Waals surface area (Å²) in [7, 11) is 0. The highest BCUT2D eigenvalue weighted by Gasteiger charge is 2.49. The van der Waals surface area contributed by atoms with Gasteiger partial charge in [-0.25, -0.2) is 4.39 Å². The number of hydrogen-bond acceptors (Lipinski definition) is 1. The Labute approximate surface area is 117 Å². The summed E-state index contributed by atoms with van der Waals surface area (Å²) in [5.74, 6) is -0.983. The summed E-state index contributed by atoms with van der Waals surface area (Å²) in [5, 5.41) is 2.19. The molecular weight excluding hydrogens is 286 g/mol. The van der Waals surface area contributed by atoms with Crippen LogP contribution in [0.1, 0.15) is 16.7 Å². The van der Waals surface area contributed by atoms with Gasteiger partial charge < -0.3 is 5.32 Å². The fourth-order valence-electron chi connectivity index (χ4n) is 2.41. The lowest BCUT2D eigenvalue weighted by Crippen LogP contribution is -2.30. The van der Waals surface area contributed by atoms with E-state index in [1.807, 2.05) is 0 Å². The van der Waals surface area contributed by atoms with E-state index in [2.05, 4.69) is 5.32 Å². The van der Waals surface area contributed by atoms with Crippen molar-refractivity contribution in [2.24, 2.45) is 0 Å². The van der Waals surface area contributed by atoms with Crippen LogP contribution in [0.5, 0.6) is 0 Å². The van der Waals surface area contributed by atoms with E-state index in [-0.39, 0.29) is 16.8 Å². The maximum atomic E-state index is 15.2. The van der Waals surface area contributed by atoms with E-state index in [4.69, 9.17) is 0 Å². The molecule has 0 spiro atoms. The third kappa shape index (κ3) is 1.98. The number of fused-ring (bicyclic) bond motifs is 1. The van der Waals surface area contributed by atoms with Crippen molar-refractivity contribution in [2.75, 3.05) is 5.32 Å². The molecule has 21 heavy (non-hydrogen) atoms. The average Bonchev–Trinajstić information content (AvgIpc) is 2.71. The van der Waals surface area contributed by atoms with Gasteiger partial charge in [-0.15, -0.1) is 0 Å². The van der Waals surface area contributed by atoms with Crippen LogP contribution < -0.4 is 5.32 Å². The van der Waals surface area contributed by atoms with Crippen molar-refractivity contribution in [3.63, 3.8) is 0 Å². The van der Waals surface area contributed by atoms with E-state index in [1.54, 1.807) is 18.2 Å². The number of nitrogens with one attached hydrogen (secondary N) is 1. The predicted octanol–water partition coefficient (Wildman–Crippen LogP) is 3.87. The molecule has 0 bridgehead atoms. The van der Waals surface area contributed by atoms with Crippen molar-refractivity contribution in [1.82, 2.24) is 0 Å². The van der Waals surface area contributed by atoms with Gasteiger partial charge in [0.25, 0.3) is 5.91 Å². The summed E-state index contributed by atoms with van der Waals surface area (Å²) in [5.41, 5.74) is -3.58. The van der Waals surface area contributed by atoms with Gasteiger partial charge >= 0.3 is 6.18 Å². The molecule has 2 aromatic carbocycles. The number of rotatable bonds is 1. The molecule has 2 nitrogen and oxygen atoms in total. The Balaban J connectivity index is 2.16. The molecule has 108 valence electrons. The van der Waals surface area contributed by atoms with E-state index in [0.29, 0.717) is 0 Å². The van der Waals surface area contributed by atoms with E-state index >= 15 is 4.39 Å². The van der Waals surface area contributed by atoms with Crippen LogP contribution in [0.15, 0.2) is 48.5 Å². The minimum absolute atomic E-state index is 0.0843. The summed E-state index contributed by atoms with van der Waals surface area (Å²) in [6, 6.07) is 10.2. The minimum Gasteiger partial charge on any atom is -0.322 e. The number of carbonyl (C=O) groups excluding carboxylic acids is 1. The second-order valence-corrected chi connectivity index (χ2v) is 4.74. The third-order valence-electron chi connectivity index (χ3n) is 3.45. The number of amides is 1. The number of anilines is 1. The zero-order valence-corrected chi connectivity index (χ0v) is 10.5. The summed E-state index contributed by atoms with van der Waals surface area (Å²) < 4.78 is 53.2. The standard InChI is InChI=1S/C15H9F4NO/c16-14(9-4-2-1-3-5-9)11-7-6-10(15(17,18)19)8-12(11)20-13(14)21/h1-8H,(H,20,21). The van der Waals surface area contributed by atoms with Crippen molar-refractivity contribution in [2.45, 2.75) is 11.8 Å². The van der Waals surface area contributed by atoms with Gasteiger partial charge in [-0.2, -0.15) is 13.2 Å². The van der Waals surface area contributed by atoms with E-state index in [0.717, 1.165) is 18.2 Å². The van der Waals surface area contributed by atoms with E-state index < -0.39 is 23.3 Å². The average molecular weight is 295 g/mol. The Morgan fingerprint density at radius 2 is 1.67 bits per heavy atom. The number of halogens is 4. The second kappa shape index (κ2) is 4.31. The van der Waals surface area contributed by atoms with Crippen LogP contribution in [-0.2, 0) is 16.6 Å². The summed E-state index contributed by atoms with van der Waals surface area (Å²) >= 11 is 0. The largest absolute Gasteiger partial charge is 0.416 e. The first-order chi connectivity index (χ1) is 9.83. The molecular formula is C15H9F4NO. The normalized spacial score (nSPS) is 21.0. The Morgan fingerprint density at radius 1 is 1.00 bits per heavy atom. The fourth-order valence-corrected chi connectivity index (χ4v) is 2.41. The number of carbonyl (C=O) groups is 1. The Kier molecular flexibility index (Phi) is 2.79. The fraction of sp³-hybridized carbons (Fsp3) is 0.133. The van der Waals surface area contributed by atoms with Crippen LogP contribution in [0.4, 0.5) is 23.2 Å². The van der Waals surface area contributed by atoms with Gasteiger partial charge in [0.1, 0.15) is 0 Å². The molecule has 1 heterocycles. The predicted molar refractivity (Wildman–Crippen MR) is 68.4 cm³/mol. The smallest absolute Gasteiger partial charge is 0.322 e. The van der Waals surface area contributed by atoms with Crippen molar-refractivity contribution in [3.05, 3.63) is 65.2 Å². The maximum Gasteiger partial charge on any atom is 0.416 e. The summed E-state index contributed by atoms with van der Waals surface area (Å²) in [6.45, 7) is 0. The topological polar surface area (TPSA) is 29.1 Å². The van der Waals surface area contributed by atoms with Crippen LogP contribution in [-0.4, -0.2) is 5.91 Å². The molecule has 0 aliphatic carbocycles. The van der Waals surface area contributed by atoms with Gasteiger partial charge in [-0.05, 0) is 12.1 Å². The lowest BCUT2D eigenvalue weighted by atomic mass is 9.89. The van der Waals surface area contributed by atoms with Crippen LogP contribution >= 0.6 is 0 Å². The van der Waals surface area contributed by atoms with Gasteiger partial charge in [0, 0.05) is 16.8 Å². The Bertz CT molecular complexity index is 711. The van der Waals surface area contributed by atoms with Gasteiger partial charge in [-0.1, -0.05) is 36.4 Å². The molecule has 1 aliphatic heterocycles. The van der Waals surface area contributed by atoms with Crippen molar-refractivity contribution in [3.8, 4) is 0 Å². The molecule has 1 amide bonds. The molecule has 1 unspecified atom stereocenters. The highest BCUT2D eigenvalue weighted by Crippen LogP contribution is 2.45. The van der Waals surface area contributed by atoms with Crippen molar-refractivity contribution in [1.29, 1.82) is 0 Å². The zero-order valence-electron chi connectivity index (χ0n) is 10.5. The number of benzene rings is 2. The van der Waals surface area contributed by atoms with Crippen LogP contribution in [0.2, 0.25) is 0 Å². The third-order valence-corrected chi connectivity index (χ3v) is 3.45. The number of hydrogen-bond donors (Lipinski definition) is 1. The Hall–Kier alpha value is -2.37. The lowest BCUT2D eigenvalue weighted by Gasteiger charge is -2.18. The van der Waals surface area contributed by atoms with Gasteiger partial charge in [0.05, 0.1) is 5.56 Å². The van der Waals surface area contributed by atoms with Gasteiger partial charge in [0.15, 0.2) is 0 Å². The van der Waals surface area contributed by atoms with Gasteiger partial charge in [0.2, 0.25) is 5.67 Å². The second-order valence-electron chi connectivity index (χ2n) is 4.74. The lowest BCUT2D eigenvalue weighted by molar-refractivity contribution is -0.137. The van der Waals surface area contributed by atoms with E-state index in [1.165, 1.54) is 12.1 Å². The molecule has 1 N–H and O–H groups in total. The minimum atomic E-state index is -4.55. The molecule has 3 rings (SSSR count). The molecule has 0 aromatic heterocycles. The molecule has 1 aliphatic rings. The Morgan fingerprint density at radius 3 is 2.29 bits per heavy atom.